The summed E-state index contributed by atoms with van der Waals surface area (Å²) < 4.78 is 59.6. The van der Waals surface area contributed by atoms with Crippen LogP contribution < -0.4 is 5.14 Å². The minimum Gasteiger partial charge on any atom is -0.478 e. The van der Waals surface area contributed by atoms with E-state index >= 15 is 0 Å². The number of carboxylic acid groups (broad SMARTS) is 1. The Bertz CT molecular complexity index is 612. The zero-order valence-electron chi connectivity index (χ0n) is 8.32. The van der Waals surface area contributed by atoms with Crippen molar-refractivity contribution in [2.75, 3.05) is 0 Å². The van der Waals surface area contributed by atoms with Crippen LogP contribution in [0.3, 0.4) is 0 Å². The van der Waals surface area contributed by atoms with Crippen LogP contribution >= 0.6 is 11.6 Å². The summed E-state index contributed by atoms with van der Waals surface area (Å²) >= 11 is 5.34. The molecule has 0 aliphatic heterocycles. The second-order valence-electron chi connectivity index (χ2n) is 3.18. The Morgan fingerprint density at radius 1 is 1.33 bits per heavy atom. The molecule has 1 rings (SSSR count). The van der Waals surface area contributed by atoms with Gasteiger partial charge in [-0.1, -0.05) is 11.6 Å². The van der Waals surface area contributed by atoms with Gasteiger partial charge in [0.1, 0.15) is 4.90 Å². The van der Waals surface area contributed by atoms with Crippen molar-refractivity contribution in [1.29, 1.82) is 0 Å². The van der Waals surface area contributed by atoms with E-state index < -0.39 is 43.2 Å². The molecule has 5 nitrogen and oxygen atoms in total. The highest BCUT2D eigenvalue weighted by Gasteiger charge is 2.37. The largest absolute Gasteiger partial charge is 0.478 e. The molecule has 0 radical (unpaired) electrons. The van der Waals surface area contributed by atoms with Gasteiger partial charge < -0.3 is 5.11 Å². The van der Waals surface area contributed by atoms with Crippen LogP contribution in [0.25, 0.3) is 0 Å². The Morgan fingerprint density at radius 2 is 1.83 bits per heavy atom. The van der Waals surface area contributed by atoms with Crippen LogP contribution in [0.1, 0.15) is 15.9 Å². The molecule has 1 aromatic rings. The summed E-state index contributed by atoms with van der Waals surface area (Å²) in [5.41, 5.74) is -2.79. The highest BCUT2D eigenvalue weighted by Crippen LogP contribution is 2.36. The van der Waals surface area contributed by atoms with E-state index in [1.165, 1.54) is 0 Å². The van der Waals surface area contributed by atoms with Crippen LogP contribution in [0, 0.1) is 0 Å². The molecule has 0 atom stereocenters. The molecule has 0 bridgehead atoms. The van der Waals surface area contributed by atoms with E-state index in [2.05, 4.69) is 0 Å². The van der Waals surface area contributed by atoms with Gasteiger partial charge in [0.25, 0.3) is 0 Å². The molecule has 0 aliphatic carbocycles. The van der Waals surface area contributed by atoms with E-state index in [4.69, 9.17) is 21.8 Å². The first kappa shape index (κ1) is 14.7. The lowest BCUT2D eigenvalue weighted by Crippen LogP contribution is -2.18. The summed E-state index contributed by atoms with van der Waals surface area (Å²) in [5, 5.41) is 12.5. The van der Waals surface area contributed by atoms with Crippen LogP contribution in [-0.2, 0) is 16.2 Å². The van der Waals surface area contributed by atoms with Gasteiger partial charge in [-0.25, -0.2) is 18.4 Å². The van der Waals surface area contributed by atoms with Crippen molar-refractivity contribution in [3.8, 4) is 0 Å². The molecule has 3 N–H and O–H groups in total. The van der Waals surface area contributed by atoms with E-state index in [9.17, 15) is 26.4 Å². The smallest absolute Gasteiger partial charge is 0.417 e. The van der Waals surface area contributed by atoms with E-state index in [1.54, 1.807) is 0 Å². The predicted octanol–water partition coefficient (Wildman–Crippen LogP) is 1.70. The first-order chi connectivity index (χ1) is 7.94. The standard InChI is InChI=1S/C8H5ClF3NO4S/c9-5-2-4(8(10,11)12)3(7(14)15)1-6(5)18(13,16)17/h1-2H,(H,14,15)(H2,13,16,17). The van der Waals surface area contributed by atoms with E-state index in [0.29, 0.717) is 0 Å². The molecular formula is C8H5ClF3NO4S. The SMILES string of the molecule is NS(=O)(=O)c1cc(C(=O)O)c(C(F)(F)F)cc1Cl. The maximum Gasteiger partial charge on any atom is 0.417 e. The van der Waals surface area contributed by atoms with Gasteiger partial charge in [-0.15, -0.1) is 0 Å². The summed E-state index contributed by atoms with van der Waals surface area (Å²) in [5.74, 6) is -1.94. The number of halogens is 4. The van der Waals surface area contributed by atoms with E-state index in [-0.39, 0.29) is 12.1 Å². The average Bonchev–Trinajstić information content (AvgIpc) is 2.13. The lowest BCUT2D eigenvalue weighted by Gasteiger charge is -2.12. The second kappa shape index (κ2) is 4.41. The summed E-state index contributed by atoms with van der Waals surface area (Å²) in [6, 6.07) is 0.494. The molecule has 0 saturated heterocycles. The quantitative estimate of drug-likeness (QED) is 0.869. The number of benzene rings is 1. The summed E-state index contributed by atoms with van der Waals surface area (Å²) in [6.07, 6.45) is -4.98. The molecule has 0 aliphatic rings. The molecule has 18 heavy (non-hydrogen) atoms. The first-order valence-corrected chi connectivity index (χ1v) is 6.04. The Labute approximate surface area is 104 Å². The summed E-state index contributed by atoms with van der Waals surface area (Å²) in [6.45, 7) is 0. The van der Waals surface area contributed by atoms with Crippen LogP contribution in [0.2, 0.25) is 5.02 Å². The molecule has 0 spiro atoms. The number of carboxylic acids is 1. The highest BCUT2D eigenvalue weighted by atomic mass is 35.5. The third kappa shape index (κ3) is 2.92. The fraction of sp³-hybridized carbons (Fsp3) is 0.125. The van der Waals surface area contributed by atoms with Crippen molar-refractivity contribution < 1.29 is 31.5 Å². The van der Waals surface area contributed by atoms with Gasteiger partial charge in [0, 0.05) is 0 Å². The van der Waals surface area contributed by atoms with Crippen molar-refractivity contribution in [3.63, 3.8) is 0 Å². The minimum atomic E-state index is -4.98. The molecule has 0 heterocycles. The molecule has 0 unspecified atom stereocenters. The summed E-state index contributed by atoms with van der Waals surface area (Å²) in [7, 11) is -4.41. The maximum atomic E-state index is 12.5. The number of alkyl halides is 3. The monoisotopic (exact) mass is 303 g/mol. The molecule has 10 heteroatoms. The highest BCUT2D eigenvalue weighted by molar-refractivity contribution is 7.89. The normalized spacial score (nSPS) is 12.5. The number of rotatable bonds is 2. The van der Waals surface area contributed by atoms with Gasteiger partial charge in [0.15, 0.2) is 0 Å². The number of sulfonamides is 1. The van der Waals surface area contributed by atoms with Crippen LogP contribution in [0.15, 0.2) is 17.0 Å². The Kier molecular flexibility index (Phi) is 3.61. The van der Waals surface area contributed by atoms with Crippen molar-refractivity contribution in [1.82, 2.24) is 0 Å². The number of nitrogens with two attached hydrogens (primary N) is 1. The third-order valence-corrected chi connectivity index (χ3v) is 3.29. The van der Waals surface area contributed by atoms with Crippen molar-refractivity contribution in [2.24, 2.45) is 5.14 Å². The van der Waals surface area contributed by atoms with E-state index in [1.807, 2.05) is 0 Å². The van der Waals surface area contributed by atoms with Crippen LogP contribution in [-0.4, -0.2) is 19.5 Å². The molecule has 1 aromatic carbocycles. The third-order valence-electron chi connectivity index (χ3n) is 1.91. The van der Waals surface area contributed by atoms with Gasteiger partial charge in [0.2, 0.25) is 10.0 Å². The van der Waals surface area contributed by atoms with Crippen molar-refractivity contribution >= 4 is 27.6 Å². The van der Waals surface area contributed by atoms with Gasteiger partial charge in [-0.2, -0.15) is 13.2 Å². The maximum absolute atomic E-state index is 12.5. The van der Waals surface area contributed by atoms with Crippen molar-refractivity contribution in [2.45, 2.75) is 11.1 Å². The van der Waals surface area contributed by atoms with Gasteiger partial charge in [-0.05, 0) is 12.1 Å². The van der Waals surface area contributed by atoms with Gasteiger partial charge in [-0.3, -0.25) is 0 Å². The van der Waals surface area contributed by atoms with Crippen LogP contribution in [0.4, 0.5) is 13.2 Å². The summed E-state index contributed by atoms with van der Waals surface area (Å²) in [4.78, 5) is 9.80. The molecular weight excluding hydrogens is 299 g/mol. The Balaban J connectivity index is 3.71. The van der Waals surface area contributed by atoms with E-state index in [0.717, 1.165) is 0 Å². The minimum absolute atomic E-state index is 0.213. The van der Waals surface area contributed by atoms with Gasteiger partial charge >= 0.3 is 12.1 Å². The fourth-order valence-electron chi connectivity index (χ4n) is 1.18. The molecule has 0 amide bonds. The van der Waals surface area contributed by atoms with Gasteiger partial charge in [0.05, 0.1) is 16.1 Å². The lowest BCUT2D eigenvalue weighted by molar-refractivity contribution is -0.138. The predicted molar refractivity (Wildman–Crippen MR) is 54.8 cm³/mol. The number of primary sulfonamides is 1. The Hall–Kier alpha value is -1.32. The average molecular weight is 304 g/mol. The number of carbonyl (C=O) groups is 1. The first-order valence-electron chi connectivity index (χ1n) is 4.11. The molecule has 0 saturated carbocycles. The fourth-order valence-corrected chi connectivity index (χ4v) is 2.28. The zero-order valence-corrected chi connectivity index (χ0v) is 9.90. The van der Waals surface area contributed by atoms with Crippen LogP contribution in [0.5, 0.6) is 0 Å². The Morgan fingerprint density at radius 3 is 2.17 bits per heavy atom. The molecule has 0 aromatic heterocycles. The molecule has 100 valence electrons. The second-order valence-corrected chi connectivity index (χ2v) is 5.11. The lowest BCUT2D eigenvalue weighted by atomic mass is 10.1. The number of aromatic carboxylic acids is 1. The topological polar surface area (TPSA) is 97.5 Å². The van der Waals surface area contributed by atoms with Crippen molar-refractivity contribution in [3.05, 3.63) is 28.3 Å². The number of hydrogen-bond acceptors (Lipinski definition) is 3. The zero-order chi connectivity index (χ0) is 14.3. The number of hydrogen-bond donors (Lipinski definition) is 2. The molecule has 0 fully saturated rings.